The molecule has 0 saturated heterocycles. The number of likely N-dealkylation sites (N-methyl/N-ethyl adjacent to an activating group) is 1. The molecule has 15 heavy (non-hydrogen) atoms. The molecule has 0 aromatic heterocycles. The van der Waals surface area contributed by atoms with E-state index in [0.717, 1.165) is 24.2 Å². The SMILES string of the molecule is C=CC1OC2=C(CC(C)(C)C2)C(=O)N1C. The summed E-state index contributed by atoms with van der Waals surface area (Å²) in [7, 11) is 1.75. The molecule has 1 heterocycles. The zero-order valence-corrected chi connectivity index (χ0v) is 9.54. The first-order valence-corrected chi connectivity index (χ1v) is 5.23. The highest BCUT2D eigenvalue weighted by molar-refractivity contribution is 5.95. The topological polar surface area (TPSA) is 29.5 Å². The van der Waals surface area contributed by atoms with E-state index < -0.39 is 0 Å². The highest BCUT2D eigenvalue weighted by atomic mass is 16.5. The van der Waals surface area contributed by atoms with Gasteiger partial charge in [-0.2, -0.15) is 0 Å². The van der Waals surface area contributed by atoms with Crippen molar-refractivity contribution in [2.24, 2.45) is 5.41 Å². The summed E-state index contributed by atoms with van der Waals surface area (Å²) >= 11 is 0. The number of ether oxygens (including phenoxy) is 1. The molecular weight excluding hydrogens is 190 g/mol. The van der Waals surface area contributed by atoms with Crippen LogP contribution in [0.5, 0.6) is 0 Å². The smallest absolute Gasteiger partial charge is 0.256 e. The second kappa shape index (κ2) is 3.12. The van der Waals surface area contributed by atoms with Gasteiger partial charge in [-0.05, 0) is 17.9 Å². The van der Waals surface area contributed by atoms with Gasteiger partial charge in [0.15, 0.2) is 6.23 Å². The highest BCUT2D eigenvalue weighted by Crippen LogP contribution is 2.44. The Labute approximate surface area is 90.4 Å². The standard InChI is InChI=1S/C12H17NO2/c1-5-10-13(4)11(14)8-6-12(2,3)7-9(8)15-10/h5,10H,1,6-7H2,2-4H3. The van der Waals surface area contributed by atoms with Crippen molar-refractivity contribution in [1.29, 1.82) is 0 Å². The van der Waals surface area contributed by atoms with Crippen molar-refractivity contribution < 1.29 is 9.53 Å². The Morgan fingerprint density at radius 2 is 2.20 bits per heavy atom. The number of hydrogen-bond donors (Lipinski definition) is 0. The molecule has 3 nitrogen and oxygen atoms in total. The van der Waals surface area contributed by atoms with Gasteiger partial charge in [0.25, 0.3) is 5.91 Å². The first kappa shape index (κ1) is 10.3. The lowest BCUT2D eigenvalue weighted by atomic mass is 9.89. The Balaban J connectivity index is 2.31. The number of hydrogen-bond acceptors (Lipinski definition) is 2. The third-order valence-electron chi connectivity index (χ3n) is 3.06. The molecule has 0 saturated carbocycles. The second-order valence-electron chi connectivity index (χ2n) is 5.08. The number of rotatable bonds is 1. The Morgan fingerprint density at radius 3 is 2.80 bits per heavy atom. The quantitative estimate of drug-likeness (QED) is 0.616. The number of carbonyl (C=O) groups excluding carboxylic acids is 1. The number of amides is 1. The lowest BCUT2D eigenvalue weighted by Crippen LogP contribution is -2.41. The van der Waals surface area contributed by atoms with Crippen molar-refractivity contribution in [2.45, 2.75) is 32.9 Å². The van der Waals surface area contributed by atoms with Gasteiger partial charge in [-0.1, -0.05) is 20.4 Å². The summed E-state index contributed by atoms with van der Waals surface area (Å²) in [5.74, 6) is 0.958. The van der Waals surface area contributed by atoms with Crippen LogP contribution in [0.15, 0.2) is 24.0 Å². The summed E-state index contributed by atoms with van der Waals surface area (Å²) in [5.41, 5.74) is 0.998. The van der Waals surface area contributed by atoms with E-state index in [9.17, 15) is 4.79 Å². The molecule has 3 heteroatoms. The van der Waals surface area contributed by atoms with Crippen LogP contribution in [-0.2, 0) is 9.53 Å². The maximum absolute atomic E-state index is 12.0. The van der Waals surface area contributed by atoms with E-state index in [-0.39, 0.29) is 17.6 Å². The van der Waals surface area contributed by atoms with Crippen LogP contribution >= 0.6 is 0 Å². The molecule has 0 aromatic carbocycles. The van der Waals surface area contributed by atoms with Crippen molar-refractivity contribution in [3.8, 4) is 0 Å². The van der Waals surface area contributed by atoms with E-state index in [1.165, 1.54) is 0 Å². The summed E-state index contributed by atoms with van der Waals surface area (Å²) in [6.07, 6.45) is 3.03. The first-order chi connectivity index (χ1) is 6.94. The monoisotopic (exact) mass is 207 g/mol. The summed E-state index contributed by atoms with van der Waals surface area (Å²) < 4.78 is 5.74. The molecule has 1 aliphatic carbocycles. The van der Waals surface area contributed by atoms with Gasteiger partial charge in [-0.25, -0.2) is 0 Å². The summed E-state index contributed by atoms with van der Waals surface area (Å²) in [5, 5.41) is 0. The minimum atomic E-state index is -0.301. The molecular formula is C12H17NO2. The molecule has 0 N–H and O–H groups in total. The van der Waals surface area contributed by atoms with Gasteiger partial charge < -0.3 is 9.64 Å². The van der Waals surface area contributed by atoms with Crippen molar-refractivity contribution in [3.05, 3.63) is 24.0 Å². The molecule has 0 aromatic rings. The van der Waals surface area contributed by atoms with E-state index >= 15 is 0 Å². The van der Waals surface area contributed by atoms with Crippen molar-refractivity contribution >= 4 is 5.91 Å². The van der Waals surface area contributed by atoms with E-state index in [2.05, 4.69) is 20.4 Å². The molecule has 1 aliphatic heterocycles. The van der Waals surface area contributed by atoms with Crippen LogP contribution in [0.3, 0.4) is 0 Å². The fraction of sp³-hybridized carbons (Fsp3) is 0.583. The van der Waals surface area contributed by atoms with Crippen molar-refractivity contribution in [3.63, 3.8) is 0 Å². The normalized spacial score (nSPS) is 28.9. The van der Waals surface area contributed by atoms with Gasteiger partial charge >= 0.3 is 0 Å². The number of allylic oxidation sites excluding steroid dienone is 1. The fourth-order valence-electron chi connectivity index (χ4n) is 2.25. The molecule has 82 valence electrons. The predicted molar refractivity (Wildman–Crippen MR) is 57.9 cm³/mol. The zero-order valence-electron chi connectivity index (χ0n) is 9.54. The fourth-order valence-corrected chi connectivity index (χ4v) is 2.25. The molecule has 2 rings (SSSR count). The van der Waals surface area contributed by atoms with Crippen LogP contribution in [-0.4, -0.2) is 24.1 Å². The van der Waals surface area contributed by atoms with Crippen molar-refractivity contribution in [2.75, 3.05) is 7.05 Å². The Kier molecular flexibility index (Phi) is 2.14. The maximum atomic E-state index is 12.0. The lowest BCUT2D eigenvalue weighted by Gasteiger charge is -2.31. The minimum Gasteiger partial charge on any atom is -0.471 e. The van der Waals surface area contributed by atoms with Gasteiger partial charge in [-0.3, -0.25) is 4.79 Å². The minimum absolute atomic E-state index is 0.0896. The summed E-state index contributed by atoms with van der Waals surface area (Å²) in [6.45, 7) is 7.99. The summed E-state index contributed by atoms with van der Waals surface area (Å²) in [6, 6.07) is 0. The largest absolute Gasteiger partial charge is 0.471 e. The summed E-state index contributed by atoms with van der Waals surface area (Å²) in [4.78, 5) is 13.6. The van der Waals surface area contributed by atoms with Gasteiger partial charge in [0, 0.05) is 13.5 Å². The highest BCUT2D eigenvalue weighted by Gasteiger charge is 2.41. The number of nitrogens with zero attached hydrogens (tertiary/aromatic N) is 1. The van der Waals surface area contributed by atoms with Gasteiger partial charge in [0.05, 0.1) is 5.57 Å². The second-order valence-corrected chi connectivity index (χ2v) is 5.08. The maximum Gasteiger partial charge on any atom is 0.256 e. The number of carbonyl (C=O) groups is 1. The molecule has 0 radical (unpaired) electrons. The molecule has 1 atom stereocenters. The molecule has 2 aliphatic rings. The molecule has 1 amide bonds. The van der Waals surface area contributed by atoms with Crippen LogP contribution in [0.1, 0.15) is 26.7 Å². The Bertz CT molecular complexity index is 355. The lowest BCUT2D eigenvalue weighted by molar-refractivity contribution is -0.136. The van der Waals surface area contributed by atoms with Crippen LogP contribution in [0.4, 0.5) is 0 Å². The van der Waals surface area contributed by atoms with Crippen LogP contribution in [0, 0.1) is 5.41 Å². The predicted octanol–water partition coefficient (Wildman–Crippen LogP) is 2.06. The van der Waals surface area contributed by atoms with E-state index in [1.54, 1.807) is 18.0 Å². The molecule has 0 spiro atoms. The Morgan fingerprint density at radius 1 is 1.53 bits per heavy atom. The van der Waals surface area contributed by atoms with E-state index in [1.807, 2.05) is 0 Å². The van der Waals surface area contributed by atoms with E-state index in [4.69, 9.17) is 4.74 Å². The van der Waals surface area contributed by atoms with Crippen LogP contribution < -0.4 is 0 Å². The molecule has 0 bridgehead atoms. The van der Waals surface area contributed by atoms with Crippen LogP contribution in [0.25, 0.3) is 0 Å². The zero-order chi connectivity index (χ0) is 11.2. The first-order valence-electron chi connectivity index (χ1n) is 5.23. The molecule has 0 fully saturated rings. The van der Waals surface area contributed by atoms with Crippen LogP contribution in [0.2, 0.25) is 0 Å². The molecule has 1 unspecified atom stereocenters. The van der Waals surface area contributed by atoms with E-state index in [0.29, 0.717) is 0 Å². The average Bonchev–Trinajstić information content (AvgIpc) is 2.47. The third kappa shape index (κ3) is 1.56. The average molecular weight is 207 g/mol. The Hall–Kier alpha value is -1.25. The third-order valence-corrected chi connectivity index (χ3v) is 3.06. The van der Waals surface area contributed by atoms with Gasteiger partial charge in [0.1, 0.15) is 5.76 Å². The van der Waals surface area contributed by atoms with Gasteiger partial charge in [-0.15, -0.1) is 0 Å². The van der Waals surface area contributed by atoms with Gasteiger partial charge in [0.2, 0.25) is 0 Å². The van der Waals surface area contributed by atoms with Crippen molar-refractivity contribution in [1.82, 2.24) is 4.90 Å².